The van der Waals surface area contributed by atoms with Gasteiger partial charge in [-0.3, -0.25) is 4.79 Å². The second-order valence-corrected chi connectivity index (χ2v) is 8.90. The summed E-state index contributed by atoms with van der Waals surface area (Å²) in [4.78, 5) is 27.2. The summed E-state index contributed by atoms with van der Waals surface area (Å²) in [6.07, 6.45) is 2.88. The van der Waals surface area contributed by atoms with Crippen LogP contribution in [0.4, 0.5) is 0 Å². The van der Waals surface area contributed by atoms with E-state index >= 15 is 0 Å². The highest BCUT2D eigenvalue weighted by atomic mass is 16.4. The summed E-state index contributed by atoms with van der Waals surface area (Å²) in [5.41, 5.74) is 5.12. The number of aryl methyl sites for hydroxylation is 2. The number of carboxylic acid groups (broad SMARTS) is 1. The molecule has 0 fully saturated rings. The second-order valence-electron chi connectivity index (χ2n) is 8.90. The Kier molecular flexibility index (Phi) is 8.66. The van der Waals surface area contributed by atoms with Gasteiger partial charge in [-0.05, 0) is 53.1 Å². The molecule has 0 aliphatic heterocycles. The van der Waals surface area contributed by atoms with Crippen LogP contribution in [-0.4, -0.2) is 28.4 Å². The normalized spacial score (nSPS) is 10.7. The highest BCUT2D eigenvalue weighted by molar-refractivity contribution is 5.96. The number of amides is 1. The zero-order valence-electron chi connectivity index (χ0n) is 20.3. The fraction of sp³-hybridized carbons (Fsp3) is 0.188. The van der Waals surface area contributed by atoms with Crippen molar-refractivity contribution >= 4 is 11.9 Å². The maximum atomic E-state index is 13.4. The van der Waals surface area contributed by atoms with Crippen LogP contribution in [0.15, 0.2) is 109 Å². The molecule has 1 N–H and O–H groups in total. The third kappa shape index (κ3) is 6.70. The molecule has 0 aliphatic rings. The molecule has 0 bridgehead atoms. The number of benzene rings is 4. The molecule has 0 heterocycles. The van der Waals surface area contributed by atoms with Gasteiger partial charge in [0.25, 0.3) is 0 Å². The van der Waals surface area contributed by atoms with Gasteiger partial charge in [0.05, 0.1) is 5.56 Å². The Morgan fingerprint density at radius 2 is 1.19 bits per heavy atom. The third-order valence-corrected chi connectivity index (χ3v) is 6.39. The molecule has 0 atom stereocenters. The first-order chi connectivity index (χ1) is 17.6. The average Bonchev–Trinajstić information content (AvgIpc) is 2.92. The Morgan fingerprint density at radius 1 is 0.639 bits per heavy atom. The van der Waals surface area contributed by atoms with Gasteiger partial charge in [-0.1, -0.05) is 103 Å². The van der Waals surface area contributed by atoms with E-state index in [9.17, 15) is 14.7 Å². The van der Waals surface area contributed by atoms with Gasteiger partial charge in [-0.25, -0.2) is 4.79 Å². The van der Waals surface area contributed by atoms with E-state index in [4.69, 9.17) is 0 Å². The van der Waals surface area contributed by atoms with Crippen molar-refractivity contribution < 1.29 is 14.7 Å². The van der Waals surface area contributed by atoms with Crippen LogP contribution in [0, 0.1) is 0 Å². The predicted octanol–water partition coefficient (Wildman–Crippen LogP) is 6.65. The number of carbonyl (C=O) groups is 2. The van der Waals surface area contributed by atoms with Crippen LogP contribution in [0.5, 0.6) is 0 Å². The summed E-state index contributed by atoms with van der Waals surface area (Å²) in [5, 5.41) is 9.73. The molecule has 182 valence electrons. The van der Waals surface area contributed by atoms with Crippen LogP contribution >= 0.6 is 0 Å². The van der Waals surface area contributed by atoms with E-state index in [0.717, 1.165) is 29.5 Å². The molecule has 36 heavy (non-hydrogen) atoms. The maximum Gasteiger partial charge on any atom is 0.336 e. The molecule has 1 amide bonds. The van der Waals surface area contributed by atoms with Crippen molar-refractivity contribution in [2.24, 2.45) is 0 Å². The Bertz CT molecular complexity index is 1290. The predicted molar refractivity (Wildman–Crippen MR) is 144 cm³/mol. The molecule has 4 rings (SSSR count). The van der Waals surface area contributed by atoms with Crippen molar-refractivity contribution in [3.8, 4) is 11.1 Å². The van der Waals surface area contributed by atoms with Crippen molar-refractivity contribution in [2.75, 3.05) is 6.54 Å². The van der Waals surface area contributed by atoms with Gasteiger partial charge >= 0.3 is 5.97 Å². The number of hydrogen-bond donors (Lipinski definition) is 1. The molecule has 0 saturated carbocycles. The minimum atomic E-state index is -0.959. The lowest BCUT2D eigenvalue weighted by molar-refractivity contribution is -0.131. The van der Waals surface area contributed by atoms with E-state index in [0.29, 0.717) is 31.5 Å². The van der Waals surface area contributed by atoms with Crippen LogP contribution in [0.25, 0.3) is 11.1 Å². The zero-order chi connectivity index (χ0) is 25.2. The molecule has 4 aromatic rings. The van der Waals surface area contributed by atoms with E-state index in [-0.39, 0.29) is 11.5 Å². The second kappa shape index (κ2) is 12.5. The van der Waals surface area contributed by atoms with Crippen molar-refractivity contribution in [1.82, 2.24) is 4.90 Å². The molecular weight excluding hydrogens is 446 g/mol. The van der Waals surface area contributed by atoms with E-state index in [1.54, 1.807) is 12.1 Å². The number of carbonyl (C=O) groups excluding carboxylic acids is 1. The summed E-state index contributed by atoms with van der Waals surface area (Å²) >= 11 is 0. The van der Waals surface area contributed by atoms with Crippen molar-refractivity contribution in [3.63, 3.8) is 0 Å². The lowest BCUT2D eigenvalue weighted by atomic mass is 9.95. The van der Waals surface area contributed by atoms with Gasteiger partial charge in [-0.15, -0.1) is 0 Å². The van der Waals surface area contributed by atoms with E-state index in [1.165, 1.54) is 5.56 Å². The van der Waals surface area contributed by atoms with Crippen LogP contribution in [0.3, 0.4) is 0 Å². The minimum absolute atomic E-state index is 0.105. The number of rotatable bonds is 11. The molecule has 4 nitrogen and oxygen atoms in total. The summed E-state index contributed by atoms with van der Waals surface area (Å²) in [7, 11) is 0. The SMILES string of the molecule is O=C(O)c1ccccc1-c1ccccc1CN(CCCc1ccccc1)C(=O)CCc1ccccc1. The highest BCUT2D eigenvalue weighted by Gasteiger charge is 2.18. The maximum absolute atomic E-state index is 13.4. The molecule has 0 unspecified atom stereocenters. The van der Waals surface area contributed by atoms with Crippen molar-refractivity contribution in [2.45, 2.75) is 32.2 Å². The number of hydrogen-bond acceptors (Lipinski definition) is 2. The topological polar surface area (TPSA) is 57.6 Å². The molecule has 0 spiro atoms. The largest absolute Gasteiger partial charge is 0.478 e. The molecular formula is C32H31NO3. The molecule has 0 aromatic heterocycles. The van der Waals surface area contributed by atoms with Gasteiger partial charge in [-0.2, -0.15) is 0 Å². The lowest BCUT2D eigenvalue weighted by Gasteiger charge is -2.25. The van der Waals surface area contributed by atoms with Crippen LogP contribution in [-0.2, 0) is 24.2 Å². The zero-order valence-corrected chi connectivity index (χ0v) is 20.3. The van der Waals surface area contributed by atoms with Gasteiger partial charge in [0.15, 0.2) is 0 Å². The van der Waals surface area contributed by atoms with Crippen molar-refractivity contribution in [3.05, 3.63) is 131 Å². The van der Waals surface area contributed by atoms with Gasteiger partial charge in [0.2, 0.25) is 5.91 Å². The first-order valence-electron chi connectivity index (χ1n) is 12.4. The number of aromatic carboxylic acids is 1. The van der Waals surface area contributed by atoms with E-state index in [1.807, 2.05) is 89.8 Å². The molecule has 4 heteroatoms. The quantitative estimate of drug-likeness (QED) is 0.263. The summed E-state index contributed by atoms with van der Waals surface area (Å²) in [6.45, 7) is 1.07. The van der Waals surface area contributed by atoms with Gasteiger partial charge < -0.3 is 10.0 Å². The van der Waals surface area contributed by atoms with Crippen LogP contribution in [0.2, 0.25) is 0 Å². The average molecular weight is 478 g/mol. The smallest absolute Gasteiger partial charge is 0.336 e. The van der Waals surface area contributed by atoms with Crippen LogP contribution < -0.4 is 0 Å². The Balaban J connectivity index is 1.55. The highest BCUT2D eigenvalue weighted by Crippen LogP contribution is 2.28. The Morgan fingerprint density at radius 3 is 1.86 bits per heavy atom. The molecule has 0 saturated heterocycles. The fourth-order valence-electron chi connectivity index (χ4n) is 4.50. The lowest BCUT2D eigenvalue weighted by Crippen LogP contribution is -2.32. The monoisotopic (exact) mass is 477 g/mol. The van der Waals surface area contributed by atoms with Crippen LogP contribution in [0.1, 0.15) is 39.9 Å². The summed E-state index contributed by atoms with van der Waals surface area (Å²) in [6, 6.07) is 35.2. The summed E-state index contributed by atoms with van der Waals surface area (Å²) in [5.74, 6) is -0.854. The minimum Gasteiger partial charge on any atom is -0.478 e. The Labute approximate surface area is 212 Å². The number of carboxylic acids is 1. The number of nitrogens with zero attached hydrogens (tertiary/aromatic N) is 1. The van der Waals surface area contributed by atoms with E-state index in [2.05, 4.69) is 12.1 Å². The summed E-state index contributed by atoms with van der Waals surface area (Å²) < 4.78 is 0. The molecule has 0 radical (unpaired) electrons. The standard InChI is InChI=1S/C32H31NO3/c34-31(22-21-26-14-5-2-6-15-26)33(23-11-16-25-12-3-1-4-13-25)24-27-17-7-8-18-28(27)29-19-9-10-20-30(29)32(35)36/h1-10,12-15,17-20H,11,16,21-24H2,(H,35,36). The molecule has 0 aliphatic carbocycles. The third-order valence-electron chi connectivity index (χ3n) is 6.39. The first-order valence-corrected chi connectivity index (χ1v) is 12.4. The van der Waals surface area contributed by atoms with Gasteiger partial charge in [0.1, 0.15) is 0 Å². The van der Waals surface area contributed by atoms with Gasteiger partial charge in [0, 0.05) is 19.5 Å². The van der Waals surface area contributed by atoms with E-state index < -0.39 is 5.97 Å². The first kappa shape index (κ1) is 24.9. The molecule has 4 aromatic carbocycles. The van der Waals surface area contributed by atoms with Crippen molar-refractivity contribution in [1.29, 1.82) is 0 Å². The Hall–Kier alpha value is -4.18. The fourth-order valence-corrected chi connectivity index (χ4v) is 4.50.